The molecule has 1 aromatic heterocycles. The van der Waals surface area contributed by atoms with Gasteiger partial charge in [0, 0.05) is 0 Å². The SMILES string of the molecule is COc1ccc(-c2c[se]c(/C(C#N)=C/C=C/c3ccccc3)n2)cc1. The van der Waals surface area contributed by atoms with Crippen molar-refractivity contribution in [3.63, 3.8) is 0 Å². The van der Waals surface area contributed by atoms with Crippen LogP contribution < -0.4 is 4.74 Å². The van der Waals surface area contributed by atoms with Crippen LogP contribution in [0.5, 0.6) is 5.75 Å². The molecule has 0 aliphatic heterocycles. The van der Waals surface area contributed by atoms with Crippen molar-refractivity contribution in [1.82, 2.24) is 4.98 Å². The van der Waals surface area contributed by atoms with Crippen molar-refractivity contribution in [2.24, 2.45) is 0 Å². The van der Waals surface area contributed by atoms with Gasteiger partial charge in [0.2, 0.25) is 0 Å². The molecule has 0 aliphatic carbocycles. The van der Waals surface area contributed by atoms with Crippen LogP contribution in [0.1, 0.15) is 10.1 Å². The molecule has 0 unspecified atom stereocenters. The topological polar surface area (TPSA) is 45.9 Å². The molecule has 0 spiro atoms. The number of benzene rings is 2. The molecule has 0 aliphatic rings. The summed E-state index contributed by atoms with van der Waals surface area (Å²) in [6.07, 6.45) is 5.72. The van der Waals surface area contributed by atoms with Gasteiger partial charge >= 0.3 is 153 Å². The van der Waals surface area contributed by atoms with Crippen molar-refractivity contribution >= 4 is 26.2 Å². The predicted octanol–water partition coefficient (Wildman–Crippen LogP) is 4.43. The summed E-state index contributed by atoms with van der Waals surface area (Å²) in [5.41, 5.74) is 3.68. The number of nitrogens with zero attached hydrogens (tertiary/aromatic N) is 2. The fraction of sp³-hybridized carbons (Fsp3) is 0.0476. The third-order valence-electron chi connectivity index (χ3n) is 3.59. The molecule has 0 saturated heterocycles. The zero-order valence-electron chi connectivity index (χ0n) is 13.7. The van der Waals surface area contributed by atoms with E-state index in [1.165, 1.54) is 0 Å². The molecule has 0 atom stereocenters. The number of nitriles is 1. The molecular weight excluding hydrogens is 375 g/mol. The van der Waals surface area contributed by atoms with Crippen molar-refractivity contribution in [3.8, 4) is 23.1 Å². The third kappa shape index (κ3) is 4.36. The Hall–Kier alpha value is -2.86. The fourth-order valence-electron chi connectivity index (χ4n) is 2.27. The zero-order chi connectivity index (χ0) is 17.5. The van der Waals surface area contributed by atoms with Gasteiger partial charge in [-0.25, -0.2) is 0 Å². The maximum atomic E-state index is 9.45. The van der Waals surface area contributed by atoms with E-state index < -0.39 is 0 Å². The average molecular weight is 391 g/mol. The van der Waals surface area contributed by atoms with Crippen LogP contribution in [0.2, 0.25) is 0 Å². The van der Waals surface area contributed by atoms with Gasteiger partial charge in [-0.1, -0.05) is 0 Å². The molecular formula is C21H16N2OSe. The Labute approximate surface area is 153 Å². The maximum absolute atomic E-state index is 9.45. The van der Waals surface area contributed by atoms with E-state index in [9.17, 15) is 5.26 Å². The minimum absolute atomic E-state index is 0.0669. The molecule has 3 nitrogen and oxygen atoms in total. The van der Waals surface area contributed by atoms with Crippen LogP contribution in [0.4, 0.5) is 0 Å². The second kappa shape index (κ2) is 8.30. The number of hydrogen-bond acceptors (Lipinski definition) is 3. The molecule has 0 N–H and O–H groups in total. The Morgan fingerprint density at radius 1 is 1.12 bits per heavy atom. The van der Waals surface area contributed by atoms with Crippen LogP contribution in [0.15, 0.2) is 71.7 Å². The predicted molar refractivity (Wildman–Crippen MR) is 102 cm³/mol. The summed E-state index contributed by atoms with van der Waals surface area (Å²) in [5.74, 6) is 0.820. The fourth-order valence-corrected chi connectivity index (χ4v) is 3.95. The van der Waals surface area contributed by atoms with Gasteiger partial charge < -0.3 is 0 Å². The van der Waals surface area contributed by atoms with Gasteiger partial charge in [-0.15, -0.1) is 0 Å². The molecule has 0 amide bonds. The van der Waals surface area contributed by atoms with Crippen molar-refractivity contribution in [2.75, 3.05) is 7.11 Å². The third-order valence-corrected chi connectivity index (χ3v) is 5.43. The van der Waals surface area contributed by atoms with Crippen molar-refractivity contribution in [1.29, 1.82) is 5.26 Å². The first-order chi connectivity index (χ1) is 12.3. The van der Waals surface area contributed by atoms with Gasteiger partial charge in [0.15, 0.2) is 0 Å². The van der Waals surface area contributed by atoms with Gasteiger partial charge in [-0.05, 0) is 0 Å². The molecule has 0 saturated carbocycles. The van der Waals surface area contributed by atoms with Crippen LogP contribution >= 0.6 is 0 Å². The van der Waals surface area contributed by atoms with E-state index in [1.807, 2.05) is 72.8 Å². The van der Waals surface area contributed by atoms with E-state index in [1.54, 1.807) is 7.11 Å². The normalized spacial score (nSPS) is 11.4. The number of allylic oxidation sites excluding steroid dienone is 3. The number of rotatable bonds is 5. The van der Waals surface area contributed by atoms with Crippen LogP contribution in [0.3, 0.4) is 0 Å². The number of methoxy groups -OCH3 is 1. The van der Waals surface area contributed by atoms with Crippen molar-refractivity contribution in [2.45, 2.75) is 0 Å². The molecule has 25 heavy (non-hydrogen) atoms. The molecule has 0 bridgehead atoms. The number of hydrogen-bond donors (Lipinski definition) is 0. The van der Waals surface area contributed by atoms with Crippen molar-refractivity contribution in [3.05, 3.63) is 81.8 Å². The molecule has 4 heteroatoms. The monoisotopic (exact) mass is 392 g/mol. The van der Waals surface area contributed by atoms with Gasteiger partial charge in [0.25, 0.3) is 0 Å². The summed E-state index contributed by atoms with van der Waals surface area (Å²) in [5, 5.41) is 9.45. The van der Waals surface area contributed by atoms with Crippen LogP contribution in [0, 0.1) is 11.3 Å². The first kappa shape index (κ1) is 17.0. The molecule has 0 radical (unpaired) electrons. The summed E-state index contributed by atoms with van der Waals surface area (Å²) in [6.45, 7) is 0. The van der Waals surface area contributed by atoms with Gasteiger partial charge in [0.05, 0.1) is 0 Å². The van der Waals surface area contributed by atoms with E-state index in [-0.39, 0.29) is 14.5 Å². The summed E-state index contributed by atoms with van der Waals surface area (Å²) in [6, 6.07) is 20.1. The first-order valence-corrected chi connectivity index (χ1v) is 9.58. The molecule has 3 aromatic rings. The van der Waals surface area contributed by atoms with E-state index >= 15 is 0 Å². The molecule has 0 fully saturated rings. The molecule has 2 aromatic carbocycles. The Kier molecular flexibility index (Phi) is 5.64. The summed E-state index contributed by atoms with van der Waals surface area (Å²) >= 11 is 0.0669. The second-order valence-corrected chi connectivity index (χ2v) is 7.03. The Balaban J connectivity index is 1.80. The van der Waals surface area contributed by atoms with Gasteiger partial charge in [0.1, 0.15) is 0 Å². The summed E-state index contributed by atoms with van der Waals surface area (Å²) in [4.78, 5) is 6.76. The Morgan fingerprint density at radius 2 is 1.88 bits per heavy atom. The zero-order valence-corrected chi connectivity index (χ0v) is 15.4. The quantitative estimate of drug-likeness (QED) is 0.367. The average Bonchev–Trinajstić information content (AvgIpc) is 3.16. The van der Waals surface area contributed by atoms with E-state index in [4.69, 9.17) is 4.74 Å². The van der Waals surface area contributed by atoms with E-state index in [0.29, 0.717) is 5.57 Å². The Morgan fingerprint density at radius 3 is 2.56 bits per heavy atom. The summed E-state index contributed by atoms with van der Waals surface area (Å²) in [7, 11) is 1.65. The number of aromatic nitrogens is 1. The van der Waals surface area contributed by atoms with Gasteiger partial charge in [-0.2, -0.15) is 0 Å². The second-order valence-electron chi connectivity index (χ2n) is 5.23. The molecule has 3 rings (SSSR count). The standard InChI is InChI=1S/C21H16N2OSe/c1-24-19-12-10-17(11-13-19)20-15-25-21(23-20)18(14-22)9-5-8-16-6-3-2-4-7-16/h2-13,15H,1H3/b8-5+,18-9+. The molecule has 1 heterocycles. The van der Waals surface area contributed by atoms with Crippen LogP contribution in [-0.4, -0.2) is 26.6 Å². The van der Waals surface area contributed by atoms with E-state index in [0.717, 1.165) is 27.1 Å². The van der Waals surface area contributed by atoms with Crippen LogP contribution in [0.25, 0.3) is 22.9 Å². The van der Waals surface area contributed by atoms with Crippen molar-refractivity contribution < 1.29 is 4.74 Å². The minimum atomic E-state index is 0.0669. The number of ether oxygens (including phenoxy) is 1. The Bertz CT molecular complexity index is 932. The summed E-state index contributed by atoms with van der Waals surface area (Å²) < 4.78 is 6.04. The van der Waals surface area contributed by atoms with Crippen LogP contribution in [-0.2, 0) is 0 Å². The van der Waals surface area contributed by atoms with E-state index in [2.05, 4.69) is 16.0 Å². The first-order valence-electron chi connectivity index (χ1n) is 7.74. The van der Waals surface area contributed by atoms with Gasteiger partial charge in [-0.3, -0.25) is 0 Å². The molecule has 122 valence electrons.